The maximum atomic E-state index is 6.08. The maximum absolute atomic E-state index is 6.08. The van der Waals surface area contributed by atoms with Crippen molar-refractivity contribution in [2.75, 3.05) is 5.32 Å². The van der Waals surface area contributed by atoms with E-state index in [0.717, 1.165) is 22.5 Å². The van der Waals surface area contributed by atoms with E-state index in [1.54, 1.807) is 0 Å². The summed E-state index contributed by atoms with van der Waals surface area (Å²) < 4.78 is 4.33. The summed E-state index contributed by atoms with van der Waals surface area (Å²) in [6.07, 6.45) is -0.241. The molecular formula is C19H18N6. The Morgan fingerprint density at radius 2 is 1.76 bits per heavy atom. The zero-order valence-corrected chi connectivity index (χ0v) is 14.1. The van der Waals surface area contributed by atoms with Crippen LogP contribution in [0.5, 0.6) is 0 Å². The molecule has 0 amide bonds. The SMILES string of the molecule is Cc1c([C@H]2N=C(N)Nc3nc4ccccc4n32)c2ccccc2n1C. The molecule has 0 unspecified atom stereocenters. The predicted molar refractivity (Wildman–Crippen MR) is 101 cm³/mol. The van der Waals surface area contributed by atoms with Gasteiger partial charge in [0.15, 0.2) is 12.1 Å². The van der Waals surface area contributed by atoms with E-state index in [9.17, 15) is 0 Å². The Morgan fingerprint density at radius 1 is 1.04 bits per heavy atom. The summed E-state index contributed by atoms with van der Waals surface area (Å²) in [5, 5.41) is 4.29. The molecule has 0 spiro atoms. The van der Waals surface area contributed by atoms with Crippen molar-refractivity contribution in [2.24, 2.45) is 17.8 Å². The Balaban J connectivity index is 1.87. The fourth-order valence-electron chi connectivity index (χ4n) is 3.79. The lowest BCUT2D eigenvalue weighted by molar-refractivity contribution is 0.623. The number of aliphatic imine (C=N–C) groups is 1. The standard InChI is InChI=1S/C19H18N6/c1-11-16(12-7-3-5-9-14(12)24(11)2)17-22-18(20)23-19-21-13-8-4-6-10-15(13)25(17)19/h3-10,17H,1-2H3,(H3,20,21,22,23)/t17-/m0/s1. The van der Waals surface area contributed by atoms with Crippen molar-refractivity contribution in [3.63, 3.8) is 0 Å². The van der Waals surface area contributed by atoms with Crippen LogP contribution in [0.4, 0.5) is 5.95 Å². The maximum Gasteiger partial charge on any atom is 0.212 e. The number of nitrogens with two attached hydrogens (primary N) is 1. The highest BCUT2D eigenvalue weighted by Crippen LogP contribution is 2.38. The molecule has 0 aliphatic carbocycles. The van der Waals surface area contributed by atoms with E-state index in [-0.39, 0.29) is 6.17 Å². The van der Waals surface area contributed by atoms with Gasteiger partial charge in [-0.25, -0.2) is 9.98 Å². The number of anilines is 1. The third-order valence-electron chi connectivity index (χ3n) is 5.05. The molecule has 4 aromatic rings. The number of aromatic nitrogens is 3. The Kier molecular flexibility index (Phi) is 2.74. The second kappa shape index (κ2) is 4.86. The van der Waals surface area contributed by atoms with E-state index >= 15 is 0 Å². The first-order valence-corrected chi connectivity index (χ1v) is 8.26. The minimum atomic E-state index is -0.241. The van der Waals surface area contributed by atoms with Gasteiger partial charge < -0.3 is 10.3 Å². The van der Waals surface area contributed by atoms with Crippen molar-refractivity contribution in [3.05, 3.63) is 59.8 Å². The van der Waals surface area contributed by atoms with Crippen LogP contribution in [0.3, 0.4) is 0 Å². The van der Waals surface area contributed by atoms with Crippen LogP contribution in [0.15, 0.2) is 53.5 Å². The molecule has 0 saturated heterocycles. The number of para-hydroxylation sites is 3. The van der Waals surface area contributed by atoms with Crippen LogP contribution < -0.4 is 11.1 Å². The number of nitrogens with zero attached hydrogens (tertiary/aromatic N) is 4. The van der Waals surface area contributed by atoms with Gasteiger partial charge in [0.25, 0.3) is 0 Å². The molecule has 5 rings (SSSR count). The van der Waals surface area contributed by atoms with Crippen molar-refractivity contribution in [2.45, 2.75) is 13.1 Å². The molecule has 1 aliphatic rings. The molecule has 25 heavy (non-hydrogen) atoms. The summed E-state index contributed by atoms with van der Waals surface area (Å²) in [6.45, 7) is 2.13. The van der Waals surface area contributed by atoms with Crippen molar-refractivity contribution >= 4 is 33.8 Å². The molecule has 0 saturated carbocycles. The summed E-state index contributed by atoms with van der Waals surface area (Å²) in [6, 6.07) is 16.5. The monoisotopic (exact) mass is 330 g/mol. The number of fused-ring (bicyclic) bond motifs is 4. The number of aryl methyl sites for hydroxylation is 1. The van der Waals surface area contributed by atoms with Crippen LogP contribution in [0.25, 0.3) is 21.9 Å². The third kappa shape index (κ3) is 1.85. The Labute approximate surface area is 144 Å². The number of rotatable bonds is 1. The van der Waals surface area contributed by atoms with E-state index in [1.165, 1.54) is 16.6 Å². The first kappa shape index (κ1) is 14.1. The lowest BCUT2D eigenvalue weighted by Crippen LogP contribution is -2.31. The summed E-state index contributed by atoms with van der Waals surface area (Å²) in [7, 11) is 2.09. The molecule has 1 atom stereocenters. The molecule has 124 valence electrons. The van der Waals surface area contributed by atoms with Crippen LogP contribution in [0, 0.1) is 6.92 Å². The normalized spacial score (nSPS) is 16.7. The first-order chi connectivity index (χ1) is 12.1. The van der Waals surface area contributed by atoms with Crippen molar-refractivity contribution in [1.82, 2.24) is 14.1 Å². The summed E-state index contributed by atoms with van der Waals surface area (Å²) in [4.78, 5) is 9.41. The van der Waals surface area contributed by atoms with E-state index in [2.05, 4.69) is 63.7 Å². The fraction of sp³-hybridized carbons (Fsp3) is 0.158. The topological polar surface area (TPSA) is 73.2 Å². The second-order valence-electron chi connectivity index (χ2n) is 6.38. The van der Waals surface area contributed by atoms with Crippen LogP contribution in [0.2, 0.25) is 0 Å². The quantitative estimate of drug-likeness (QED) is 0.563. The average molecular weight is 330 g/mol. The first-order valence-electron chi connectivity index (χ1n) is 8.26. The van der Waals surface area contributed by atoms with E-state index in [0.29, 0.717) is 5.96 Å². The number of nitrogens with one attached hydrogen (secondary N) is 1. The molecule has 3 N–H and O–H groups in total. The molecule has 0 bridgehead atoms. The smallest absolute Gasteiger partial charge is 0.212 e. The Hall–Kier alpha value is -3.28. The highest BCUT2D eigenvalue weighted by molar-refractivity contribution is 5.96. The number of imidazole rings is 1. The molecular weight excluding hydrogens is 312 g/mol. The summed E-state index contributed by atoms with van der Waals surface area (Å²) in [5.41, 5.74) is 11.6. The van der Waals surface area contributed by atoms with Gasteiger partial charge in [0, 0.05) is 29.2 Å². The highest BCUT2D eigenvalue weighted by Gasteiger charge is 2.29. The predicted octanol–water partition coefficient (Wildman–Crippen LogP) is 3.12. The van der Waals surface area contributed by atoms with E-state index < -0.39 is 0 Å². The minimum absolute atomic E-state index is 0.241. The second-order valence-corrected chi connectivity index (χ2v) is 6.38. The van der Waals surface area contributed by atoms with Crippen LogP contribution in [-0.2, 0) is 7.05 Å². The fourth-order valence-corrected chi connectivity index (χ4v) is 3.79. The molecule has 6 nitrogen and oxygen atoms in total. The lowest BCUT2D eigenvalue weighted by atomic mass is 10.1. The van der Waals surface area contributed by atoms with Gasteiger partial charge in [-0.2, -0.15) is 0 Å². The van der Waals surface area contributed by atoms with Crippen molar-refractivity contribution < 1.29 is 0 Å². The molecule has 2 aromatic heterocycles. The zero-order valence-electron chi connectivity index (χ0n) is 14.1. The lowest BCUT2D eigenvalue weighted by Gasteiger charge is -2.24. The van der Waals surface area contributed by atoms with Crippen LogP contribution in [0.1, 0.15) is 17.4 Å². The minimum Gasteiger partial charge on any atom is -0.370 e. The number of guanidine groups is 1. The van der Waals surface area contributed by atoms with Crippen LogP contribution in [-0.4, -0.2) is 20.1 Å². The summed E-state index contributed by atoms with van der Waals surface area (Å²) >= 11 is 0. The third-order valence-corrected chi connectivity index (χ3v) is 5.05. The largest absolute Gasteiger partial charge is 0.370 e. The van der Waals surface area contributed by atoms with E-state index in [1.807, 2.05) is 18.2 Å². The van der Waals surface area contributed by atoms with Crippen molar-refractivity contribution in [1.29, 1.82) is 0 Å². The molecule has 0 radical (unpaired) electrons. The van der Waals surface area contributed by atoms with Gasteiger partial charge in [0.1, 0.15) is 0 Å². The molecule has 2 aromatic carbocycles. The van der Waals surface area contributed by atoms with Gasteiger partial charge in [0.2, 0.25) is 5.95 Å². The van der Waals surface area contributed by atoms with Crippen LogP contribution >= 0.6 is 0 Å². The number of hydrogen-bond donors (Lipinski definition) is 2. The number of benzene rings is 2. The molecule has 0 fully saturated rings. The van der Waals surface area contributed by atoms with Gasteiger partial charge in [-0.05, 0) is 25.1 Å². The Morgan fingerprint density at radius 3 is 2.60 bits per heavy atom. The van der Waals surface area contributed by atoms with Crippen molar-refractivity contribution in [3.8, 4) is 0 Å². The van der Waals surface area contributed by atoms with Gasteiger partial charge in [0.05, 0.1) is 11.0 Å². The highest BCUT2D eigenvalue weighted by atomic mass is 15.4. The van der Waals surface area contributed by atoms with Gasteiger partial charge in [-0.1, -0.05) is 30.3 Å². The zero-order chi connectivity index (χ0) is 17.1. The van der Waals surface area contributed by atoms with Gasteiger partial charge >= 0.3 is 0 Å². The molecule has 3 heterocycles. The Bertz CT molecular complexity index is 1160. The van der Waals surface area contributed by atoms with E-state index in [4.69, 9.17) is 10.7 Å². The molecule has 1 aliphatic heterocycles. The summed E-state index contributed by atoms with van der Waals surface area (Å²) in [5.74, 6) is 1.12. The van der Waals surface area contributed by atoms with Gasteiger partial charge in [-0.3, -0.25) is 9.88 Å². The average Bonchev–Trinajstić information content (AvgIpc) is 3.10. The molecule has 6 heteroatoms. The number of hydrogen-bond acceptors (Lipinski definition) is 4. The van der Waals surface area contributed by atoms with Gasteiger partial charge in [-0.15, -0.1) is 0 Å².